The van der Waals surface area contributed by atoms with Crippen molar-refractivity contribution in [3.63, 3.8) is 0 Å². The Balaban J connectivity index is 1.68. The van der Waals surface area contributed by atoms with Crippen LogP contribution >= 0.6 is 15.9 Å². The molecule has 0 saturated carbocycles. The van der Waals surface area contributed by atoms with Crippen LogP contribution in [0.15, 0.2) is 57.4 Å². The van der Waals surface area contributed by atoms with Gasteiger partial charge in [0, 0.05) is 10.0 Å². The van der Waals surface area contributed by atoms with Gasteiger partial charge < -0.3 is 4.42 Å². The van der Waals surface area contributed by atoms with E-state index in [0.29, 0.717) is 5.89 Å². The van der Waals surface area contributed by atoms with Crippen LogP contribution in [0.1, 0.15) is 11.1 Å². The highest BCUT2D eigenvalue weighted by Gasteiger charge is 2.12. The fraction of sp³-hybridized carbons (Fsp3) is 0.118. The second-order valence-electron chi connectivity index (χ2n) is 5.14. The largest absolute Gasteiger partial charge is 0.403 e. The molecule has 0 aliphatic rings. The van der Waals surface area contributed by atoms with E-state index in [4.69, 9.17) is 4.42 Å². The smallest absolute Gasteiger partial charge is 0.322 e. The second kappa shape index (κ2) is 6.75. The van der Waals surface area contributed by atoms with E-state index in [9.17, 15) is 4.79 Å². The quantitative estimate of drug-likeness (QED) is 0.752. The number of nitrogens with zero attached hydrogens (tertiary/aromatic N) is 2. The zero-order valence-corrected chi connectivity index (χ0v) is 14.0. The summed E-state index contributed by atoms with van der Waals surface area (Å²) >= 11 is 3.39. The summed E-state index contributed by atoms with van der Waals surface area (Å²) in [7, 11) is 0. The molecule has 0 fully saturated rings. The number of halogens is 1. The molecule has 1 heterocycles. The molecule has 6 heteroatoms. The van der Waals surface area contributed by atoms with Crippen LogP contribution in [0.3, 0.4) is 0 Å². The third-order valence-electron chi connectivity index (χ3n) is 3.19. The van der Waals surface area contributed by atoms with Crippen LogP contribution in [0.2, 0.25) is 0 Å². The molecule has 3 rings (SSSR count). The third kappa shape index (κ3) is 4.04. The first-order valence-electron chi connectivity index (χ1n) is 7.05. The van der Waals surface area contributed by atoms with Gasteiger partial charge in [0.2, 0.25) is 11.8 Å². The fourth-order valence-electron chi connectivity index (χ4n) is 2.18. The minimum atomic E-state index is -0.194. The molecule has 0 spiro atoms. The molecule has 1 N–H and O–H groups in total. The van der Waals surface area contributed by atoms with Crippen LogP contribution in [0.25, 0.3) is 11.5 Å². The van der Waals surface area contributed by atoms with Crippen LogP contribution in [0, 0.1) is 6.92 Å². The van der Waals surface area contributed by atoms with Gasteiger partial charge in [-0.1, -0.05) is 56.9 Å². The van der Waals surface area contributed by atoms with Gasteiger partial charge in [0.25, 0.3) is 0 Å². The van der Waals surface area contributed by atoms with Crippen molar-refractivity contribution in [3.8, 4) is 11.5 Å². The van der Waals surface area contributed by atoms with Crippen LogP contribution in [0.5, 0.6) is 0 Å². The number of carbonyl (C=O) groups excluding carboxylic acids is 1. The zero-order chi connectivity index (χ0) is 16.2. The van der Waals surface area contributed by atoms with Crippen molar-refractivity contribution in [3.05, 3.63) is 64.1 Å². The number of carbonyl (C=O) groups is 1. The number of hydrogen-bond donors (Lipinski definition) is 1. The molecule has 0 bridgehead atoms. The first kappa shape index (κ1) is 15.4. The fourth-order valence-corrected chi connectivity index (χ4v) is 2.58. The molecule has 0 aliphatic heterocycles. The molecule has 0 saturated heterocycles. The van der Waals surface area contributed by atoms with Crippen LogP contribution in [-0.4, -0.2) is 16.1 Å². The molecule has 3 aromatic rings. The maximum Gasteiger partial charge on any atom is 0.322 e. The molecular formula is C17H14BrN3O2. The number of amides is 1. The van der Waals surface area contributed by atoms with Crippen molar-refractivity contribution in [1.82, 2.24) is 10.2 Å². The average Bonchev–Trinajstić information content (AvgIpc) is 2.95. The second-order valence-corrected chi connectivity index (χ2v) is 6.05. The van der Waals surface area contributed by atoms with Gasteiger partial charge in [0.05, 0.1) is 6.42 Å². The third-order valence-corrected chi connectivity index (χ3v) is 3.68. The summed E-state index contributed by atoms with van der Waals surface area (Å²) in [5.74, 6) is 0.164. The maximum atomic E-state index is 12.0. The molecule has 1 amide bonds. The van der Waals surface area contributed by atoms with E-state index in [2.05, 4.69) is 31.4 Å². The van der Waals surface area contributed by atoms with E-state index in [1.807, 2.05) is 55.5 Å². The predicted molar refractivity (Wildman–Crippen MR) is 90.9 cm³/mol. The standard InChI is InChI=1S/C17H14BrN3O2/c1-11-4-2-5-12(8-11)9-15(22)19-17-21-20-16(23-17)13-6-3-7-14(18)10-13/h2-8,10H,9H2,1H3,(H,19,21,22). The summed E-state index contributed by atoms with van der Waals surface area (Å²) in [6.45, 7) is 1.99. The summed E-state index contributed by atoms with van der Waals surface area (Å²) in [6.07, 6.45) is 0.260. The Bertz CT molecular complexity index is 845. The Kier molecular flexibility index (Phi) is 4.52. The van der Waals surface area contributed by atoms with Crippen molar-refractivity contribution >= 4 is 27.9 Å². The first-order chi connectivity index (χ1) is 11.1. The Hall–Kier alpha value is -2.47. The van der Waals surface area contributed by atoms with E-state index in [1.165, 1.54) is 0 Å². The molecule has 5 nitrogen and oxygen atoms in total. The minimum Gasteiger partial charge on any atom is -0.403 e. The average molecular weight is 372 g/mol. The molecule has 0 atom stereocenters. The van der Waals surface area contributed by atoms with E-state index in [1.54, 1.807) is 0 Å². The van der Waals surface area contributed by atoms with Gasteiger partial charge in [0.15, 0.2) is 0 Å². The lowest BCUT2D eigenvalue weighted by Gasteiger charge is -2.02. The molecule has 0 radical (unpaired) electrons. The lowest BCUT2D eigenvalue weighted by molar-refractivity contribution is -0.115. The predicted octanol–water partition coefficient (Wildman–Crippen LogP) is 3.99. The maximum absolute atomic E-state index is 12.0. The lowest BCUT2D eigenvalue weighted by atomic mass is 10.1. The van der Waals surface area contributed by atoms with Crippen molar-refractivity contribution < 1.29 is 9.21 Å². The summed E-state index contributed by atoms with van der Waals surface area (Å²) in [5.41, 5.74) is 2.84. The number of anilines is 1. The summed E-state index contributed by atoms with van der Waals surface area (Å²) in [6, 6.07) is 15.4. The van der Waals surface area contributed by atoms with E-state index < -0.39 is 0 Å². The van der Waals surface area contributed by atoms with Crippen LogP contribution < -0.4 is 5.32 Å². The number of aromatic nitrogens is 2. The summed E-state index contributed by atoms with van der Waals surface area (Å²) < 4.78 is 6.40. The number of nitrogens with one attached hydrogen (secondary N) is 1. The zero-order valence-electron chi connectivity index (χ0n) is 12.4. The SMILES string of the molecule is Cc1cccc(CC(=O)Nc2nnc(-c3cccc(Br)c3)o2)c1. The Morgan fingerprint density at radius 2 is 2.00 bits per heavy atom. The van der Waals surface area contributed by atoms with Crippen LogP contribution in [-0.2, 0) is 11.2 Å². The monoisotopic (exact) mass is 371 g/mol. The minimum absolute atomic E-state index is 0.0950. The van der Waals surface area contributed by atoms with Gasteiger partial charge in [0.1, 0.15) is 0 Å². The highest BCUT2D eigenvalue weighted by molar-refractivity contribution is 9.10. The van der Waals surface area contributed by atoms with Gasteiger partial charge in [-0.05, 0) is 30.7 Å². The lowest BCUT2D eigenvalue weighted by Crippen LogP contribution is -2.14. The van der Waals surface area contributed by atoms with Gasteiger partial charge in [-0.25, -0.2) is 0 Å². The van der Waals surface area contributed by atoms with Gasteiger partial charge in [-0.15, -0.1) is 5.10 Å². The Morgan fingerprint density at radius 3 is 2.78 bits per heavy atom. The summed E-state index contributed by atoms with van der Waals surface area (Å²) in [5, 5.41) is 10.4. The Labute approximate surface area is 141 Å². The molecule has 116 valence electrons. The highest BCUT2D eigenvalue weighted by Crippen LogP contribution is 2.23. The number of benzene rings is 2. The van der Waals surface area contributed by atoms with Gasteiger partial charge >= 0.3 is 6.01 Å². The molecule has 23 heavy (non-hydrogen) atoms. The van der Waals surface area contributed by atoms with Crippen molar-refractivity contribution in [2.24, 2.45) is 0 Å². The number of hydrogen-bond acceptors (Lipinski definition) is 4. The Morgan fingerprint density at radius 1 is 1.17 bits per heavy atom. The summed E-state index contributed by atoms with van der Waals surface area (Å²) in [4.78, 5) is 12.0. The van der Waals surface area contributed by atoms with Crippen molar-refractivity contribution in [1.29, 1.82) is 0 Å². The van der Waals surface area contributed by atoms with Crippen molar-refractivity contribution in [2.45, 2.75) is 13.3 Å². The van der Waals surface area contributed by atoms with E-state index in [-0.39, 0.29) is 18.3 Å². The highest BCUT2D eigenvalue weighted by atomic mass is 79.9. The molecule has 0 unspecified atom stereocenters. The molecule has 0 aliphatic carbocycles. The van der Waals surface area contributed by atoms with Gasteiger partial charge in [-0.2, -0.15) is 0 Å². The van der Waals surface area contributed by atoms with Gasteiger partial charge in [-0.3, -0.25) is 10.1 Å². The molecule has 2 aromatic carbocycles. The normalized spacial score (nSPS) is 10.5. The van der Waals surface area contributed by atoms with E-state index >= 15 is 0 Å². The van der Waals surface area contributed by atoms with Crippen molar-refractivity contribution in [2.75, 3.05) is 5.32 Å². The topological polar surface area (TPSA) is 68.0 Å². The number of rotatable bonds is 4. The molecule has 1 aromatic heterocycles. The first-order valence-corrected chi connectivity index (χ1v) is 7.84. The van der Waals surface area contributed by atoms with E-state index in [0.717, 1.165) is 21.2 Å². The number of aryl methyl sites for hydroxylation is 1. The van der Waals surface area contributed by atoms with Crippen LogP contribution in [0.4, 0.5) is 6.01 Å². The molecular weight excluding hydrogens is 358 g/mol.